The highest BCUT2D eigenvalue weighted by Crippen LogP contribution is 2.34. The summed E-state index contributed by atoms with van der Waals surface area (Å²) in [5.41, 5.74) is 3.89. The fraction of sp³-hybridized carbons (Fsp3) is 0.320. The Morgan fingerprint density at radius 2 is 2.09 bits per heavy atom. The lowest BCUT2D eigenvalue weighted by Crippen LogP contribution is -2.22. The van der Waals surface area contributed by atoms with Crippen molar-refractivity contribution >= 4 is 35.0 Å². The molecule has 0 aliphatic carbocycles. The lowest BCUT2D eigenvalue weighted by molar-refractivity contribution is 0.0899. The Bertz CT molecular complexity index is 1230. The third-order valence-corrected chi connectivity index (χ3v) is 7.81. The smallest absolute Gasteiger partial charge is 0.165 e. The Morgan fingerprint density at radius 1 is 1.24 bits per heavy atom. The minimum Gasteiger partial charge on any atom is -0.361 e. The standard InChI is InChI=1S/C25H30BrN5OSi/c1-5-7-21(18-8-6-9-20(26)14-18)23-22-10-11-31(17-32-12-13-33(2,3)4)25(22)30-24(29-23)19-15-27-28-16-19/h5-6,8-11,14-16,21H,1,7,12-13,17H2,2-4H3,(H,27,28). The third-order valence-electron chi connectivity index (χ3n) is 5.61. The molecule has 0 amide bonds. The molecule has 0 saturated carbocycles. The van der Waals surface area contributed by atoms with Crippen molar-refractivity contribution in [3.8, 4) is 11.4 Å². The first-order valence-electron chi connectivity index (χ1n) is 11.2. The van der Waals surface area contributed by atoms with Gasteiger partial charge in [-0.2, -0.15) is 5.10 Å². The zero-order chi connectivity index (χ0) is 23.4. The second-order valence-corrected chi connectivity index (χ2v) is 16.0. The van der Waals surface area contributed by atoms with E-state index in [1.54, 1.807) is 6.20 Å². The summed E-state index contributed by atoms with van der Waals surface area (Å²) in [5.74, 6) is 0.706. The van der Waals surface area contributed by atoms with Gasteiger partial charge in [0.05, 0.1) is 17.5 Å². The summed E-state index contributed by atoms with van der Waals surface area (Å²) in [7, 11) is -1.14. The number of rotatable bonds is 10. The van der Waals surface area contributed by atoms with E-state index in [0.29, 0.717) is 12.6 Å². The van der Waals surface area contributed by atoms with Gasteiger partial charge in [-0.15, -0.1) is 6.58 Å². The van der Waals surface area contributed by atoms with E-state index >= 15 is 0 Å². The lowest BCUT2D eigenvalue weighted by atomic mass is 9.90. The van der Waals surface area contributed by atoms with E-state index in [0.717, 1.165) is 45.8 Å². The summed E-state index contributed by atoms with van der Waals surface area (Å²) in [6.07, 6.45) is 8.34. The molecule has 8 heteroatoms. The van der Waals surface area contributed by atoms with Crippen molar-refractivity contribution in [3.05, 3.63) is 77.3 Å². The highest BCUT2D eigenvalue weighted by Gasteiger charge is 2.22. The zero-order valence-electron chi connectivity index (χ0n) is 19.4. The highest BCUT2D eigenvalue weighted by molar-refractivity contribution is 9.10. The maximum atomic E-state index is 6.04. The normalized spacial score (nSPS) is 12.8. The van der Waals surface area contributed by atoms with Gasteiger partial charge < -0.3 is 9.30 Å². The van der Waals surface area contributed by atoms with Crippen LogP contribution >= 0.6 is 15.9 Å². The van der Waals surface area contributed by atoms with Crippen molar-refractivity contribution in [2.24, 2.45) is 0 Å². The maximum absolute atomic E-state index is 6.04. The number of allylic oxidation sites excluding steroid dienone is 1. The van der Waals surface area contributed by atoms with Crippen molar-refractivity contribution in [2.75, 3.05) is 6.61 Å². The number of nitrogens with one attached hydrogen (secondary N) is 1. The van der Waals surface area contributed by atoms with Crippen molar-refractivity contribution < 1.29 is 4.74 Å². The molecule has 6 nitrogen and oxygen atoms in total. The van der Waals surface area contributed by atoms with Gasteiger partial charge in [-0.25, -0.2) is 9.97 Å². The number of ether oxygens (including phenoxy) is 1. The first-order valence-corrected chi connectivity index (χ1v) is 15.7. The van der Waals surface area contributed by atoms with E-state index in [9.17, 15) is 0 Å². The molecular formula is C25H30BrN5OSi. The van der Waals surface area contributed by atoms with Crippen LogP contribution in [0.15, 0.2) is 66.1 Å². The number of nitrogens with zero attached hydrogens (tertiary/aromatic N) is 4. The molecule has 0 aliphatic rings. The largest absolute Gasteiger partial charge is 0.361 e. The molecule has 0 saturated heterocycles. The van der Waals surface area contributed by atoms with Gasteiger partial charge in [0, 0.05) is 42.9 Å². The summed E-state index contributed by atoms with van der Waals surface area (Å²) in [4.78, 5) is 9.93. The molecule has 0 aliphatic heterocycles. The molecule has 172 valence electrons. The van der Waals surface area contributed by atoms with E-state index in [1.165, 1.54) is 5.56 Å². The lowest BCUT2D eigenvalue weighted by Gasteiger charge is -2.18. The highest BCUT2D eigenvalue weighted by atomic mass is 79.9. The van der Waals surface area contributed by atoms with Crippen LogP contribution < -0.4 is 0 Å². The predicted octanol–water partition coefficient (Wildman–Crippen LogP) is 6.60. The Hall–Kier alpha value is -2.55. The number of aromatic nitrogens is 5. The zero-order valence-corrected chi connectivity index (χ0v) is 22.0. The van der Waals surface area contributed by atoms with Crippen LogP contribution in [0.25, 0.3) is 22.4 Å². The SMILES string of the molecule is C=CCC(c1cccc(Br)c1)c1nc(-c2cn[nH]c2)nc2c1ccn2COCC[Si](C)(C)C. The number of aromatic amines is 1. The number of halogens is 1. The number of H-pyrrole nitrogens is 1. The van der Waals surface area contributed by atoms with Gasteiger partial charge in [0.1, 0.15) is 12.4 Å². The summed E-state index contributed by atoms with van der Waals surface area (Å²) >= 11 is 3.61. The number of benzene rings is 1. The average Bonchev–Trinajstić information content (AvgIpc) is 3.44. The van der Waals surface area contributed by atoms with Crippen molar-refractivity contribution in [1.82, 2.24) is 24.7 Å². The molecule has 1 N–H and O–H groups in total. The van der Waals surface area contributed by atoms with Gasteiger partial charge in [-0.3, -0.25) is 5.10 Å². The van der Waals surface area contributed by atoms with Gasteiger partial charge in [0.15, 0.2) is 5.82 Å². The van der Waals surface area contributed by atoms with Crippen LogP contribution in [0.1, 0.15) is 23.6 Å². The topological polar surface area (TPSA) is 68.6 Å². The molecular weight excluding hydrogens is 494 g/mol. The maximum Gasteiger partial charge on any atom is 0.165 e. The van der Waals surface area contributed by atoms with Crippen LogP contribution in [0.4, 0.5) is 0 Å². The fourth-order valence-corrected chi connectivity index (χ4v) is 4.97. The molecule has 1 atom stereocenters. The van der Waals surface area contributed by atoms with Gasteiger partial charge in [0.2, 0.25) is 0 Å². The molecule has 0 fully saturated rings. The monoisotopic (exact) mass is 523 g/mol. The van der Waals surface area contributed by atoms with E-state index in [2.05, 4.69) is 81.2 Å². The van der Waals surface area contributed by atoms with E-state index < -0.39 is 8.07 Å². The van der Waals surface area contributed by atoms with Gasteiger partial charge >= 0.3 is 0 Å². The second-order valence-electron chi connectivity index (χ2n) is 9.42. The molecule has 0 spiro atoms. The van der Waals surface area contributed by atoms with Gasteiger partial charge in [-0.05, 0) is 36.2 Å². The minimum atomic E-state index is -1.14. The number of fused-ring (bicyclic) bond motifs is 1. The summed E-state index contributed by atoms with van der Waals surface area (Å²) < 4.78 is 9.15. The third kappa shape index (κ3) is 5.69. The predicted molar refractivity (Wildman–Crippen MR) is 140 cm³/mol. The van der Waals surface area contributed by atoms with Crippen LogP contribution in [-0.4, -0.2) is 39.4 Å². The molecule has 4 rings (SSSR count). The second kappa shape index (κ2) is 10.2. The van der Waals surface area contributed by atoms with Crippen LogP contribution in [0.2, 0.25) is 25.7 Å². The first kappa shape index (κ1) is 23.6. The molecule has 33 heavy (non-hydrogen) atoms. The Balaban J connectivity index is 1.78. The molecule has 3 aromatic heterocycles. The van der Waals surface area contributed by atoms with Crippen molar-refractivity contribution in [2.45, 2.75) is 44.8 Å². The van der Waals surface area contributed by atoms with Crippen LogP contribution in [0.3, 0.4) is 0 Å². The van der Waals surface area contributed by atoms with Crippen molar-refractivity contribution in [3.63, 3.8) is 0 Å². The summed E-state index contributed by atoms with van der Waals surface area (Å²) in [6.45, 7) is 12.3. The molecule has 1 unspecified atom stereocenters. The van der Waals surface area contributed by atoms with Crippen LogP contribution in [0.5, 0.6) is 0 Å². The Labute approximate surface area is 204 Å². The molecule has 1 aromatic carbocycles. The average molecular weight is 525 g/mol. The molecule has 0 bridgehead atoms. The quantitative estimate of drug-likeness (QED) is 0.144. The number of hydrogen-bond donors (Lipinski definition) is 1. The van der Waals surface area contributed by atoms with E-state index in [-0.39, 0.29) is 5.92 Å². The van der Waals surface area contributed by atoms with Gasteiger partial charge in [-0.1, -0.05) is 53.8 Å². The Morgan fingerprint density at radius 3 is 2.79 bits per heavy atom. The minimum absolute atomic E-state index is 0.0554. The van der Waals surface area contributed by atoms with Crippen molar-refractivity contribution in [1.29, 1.82) is 0 Å². The van der Waals surface area contributed by atoms with Gasteiger partial charge in [0.25, 0.3) is 0 Å². The first-order chi connectivity index (χ1) is 15.9. The number of hydrogen-bond acceptors (Lipinski definition) is 4. The molecule has 4 aromatic rings. The summed E-state index contributed by atoms with van der Waals surface area (Å²) in [6, 6.07) is 11.6. The fourth-order valence-electron chi connectivity index (χ4n) is 3.80. The van der Waals surface area contributed by atoms with Crippen LogP contribution in [0, 0.1) is 0 Å². The van der Waals surface area contributed by atoms with E-state index in [4.69, 9.17) is 14.7 Å². The van der Waals surface area contributed by atoms with E-state index in [1.807, 2.05) is 24.5 Å². The Kier molecular flexibility index (Phi) is 7.26. The van der Waals surface area contributed by atoms with Crippen LogP contribution in [-0.2, 0) is 11.5 Å². The molecule has 0 radical (unpaired) electrons. The summed E-state index contributed by atoms with van der Waals surface area (Å²) in [5, 5.41) is 8.00. The molecule has 3 heterocycles.